The maximum Gasteiger partial charge on any atom is 0.256 e. The molecule has 0 saturated heterocycles. The maximum absolute atomic E-state index is 8.99. The van der Waals surface area contributed by atoms with Crippen molar-refractivity contribution in [3.8, 4) is 0 Å². The summed E-state index contributed by atoms with van der Waals surface area (Å²) in [7, 11) is 0. The van der Waals surface area contributed by atoms with Crippen molar-refractivity contribution >= 4 is 11.8 Å². The van der Waals surface area contributed by atoms with Crippen LogP contribution in [0, 0.1) is 6.92 Å². The first-order valence-corrected chi connectivity index (χ1v) is 4.96. The van der Waals surface area contributed by atoms with Crippen molar-refractivity contribution in [2.75, 3.05) is 6.61 Å². The van der Waals surface area contributed by atoms with E-state index in [-0.39, 0.29) is 17.9 Å². The molecule has 0 saturated carbocycles. The van der Waals surface area contributed by atoms with Gasteiger partial charge in [-0.2, -0.15) is 0 Å². The number of aliphatic hydroxyl groups is 1. The molecular formula is C8H14N2O2S. The predicted octanol–water partition coefficient (Wildman–Crippen LogP) is 0.783. The number of aryl methyl sites for hydroxylation is 1. The molecule has 1 rings (SSSR count). The van der Waals surface area contributed by atoms with Crippen LogP contribution in [-0.2, 0) is 0 Å². The lowest BCUT2D eigenvalue weighted by Gasteiger charge is -2.14. The molecular weight excluding hydrogens is 188 g/mol. The summed E-state index contributed by atoms with van der Waals surface area (Å²) < 4.78 is 5.13. The van der Waals surface area contributed by atoms with Gasteiger partial charge in [-0.15, -0.1) is 0 Å². The Hall–Kier alpha value is -0.520. The normalized spacial score (nSPS) is 15.7. The van der Waals surface area contributed by atoms with Gasteiger partial charge in [-0.05, 0) is 13.8 Å². The van der Waals surface area contributed by atoms with Gasteiger partial charge in [-0.1, -0.05) is 11.8 Å². The molecule has 0 fully saturated rings. The fraction of sp³-hybridized carbons (Fsp3) is 0.625. The van der Waals surface area contributed by atoms with E-state index in [1.807, 2.05) is 13.8 Å². The number of hydrogen-bond acceptors (Lipinski definition) is 5. The zero-order valence-electron chi connectivity index (χ0n) is 7.73. The molecule has 0 aromatic carbocycles. The first kappa shape index (κ1) is 10.6. The second-order valence-electron chi connectivity index (χ2n) is 2.95. The van der Waals surface area contributed by atoms with Gasteiger partial charge < -0.3 is 15.3 Å². The van der Waals surface area contributed by atoms with E-state index in [9.17, 15) is 0 Å². The Morgan fingerprint density at radius 1 is 1.77 bits per heavy atom. The molecule has 0 amide bonds. The van der Waals surface area contributed by atoms with Gasteiger partial charge in [0, 0.05) is 6.04 Å². The summed E-state index contributed by atoms with van der Waals surface area (Å²) in [6.45, 7) is 3.74. The molecule has 0 aliphatic heterocycles. The molecule has 1 heterocycles. The minimum atomic E-state index is -0.0813. The van der Waals surface area contributed by atoms with Crippen molar-refractivity contribution in [2.24, 2.45) is 5.73 Å². The zero-order valence-corrected chi connectivity index (χ0v) is 8.54. The molecule has 74 valence electrons. The number of nitrogens with zero attached hydrogens (tertiary/aromatic N) is 1. The Labute approximate surface area is 81.5 Å². The minimum absolute atomic E-state index is 0.0315. The van der Waals surface area contributed by atoms with Gasteiger partial charge in [0.05, 0.1) is 17.6 Å². The fourth-order valence-electron chi connectivity index (χ4n) is 0.827. The minimum Gasteiger partial charge on any atom is -0.440 e. The Morgan fingerprint density at radius 2 is 2.46 bits per heavy atom. The zero-order chi connectivity index (χ0) is 9.84. The summed E-state index contributed by atoms with van der Waals surface area (Å²) in [5, 5.41) is 9.50. The number of aliphatic hydroxyl groups excluding tert-OH is 1. The lowest BCUT2D eigenvalue weighted by atomic mass is 10.3. The average molecular weight is 202 g/mol. The molecule has 3 N–H and O–H groups in total. The van der Waals surface area contributed by atoms with Crippen molar-refractivity contribution in [3.63, 3.8) is 0 Å². The SMILES string of the molecule is Cc1coc(SC(CO)C(C)N)n1. The Balaban J connectivity index is 2.56. The lowest BCUT2D eigenvalue weighted by molar-refractivity contribution is 0.284. The highest BCUT2D eigenvalue weighted by Crippen LogP contribution is 2.23. The Morgan fingerprint density at radius 3 is 2.85 bits per heavy atom. The first-order valence-electron chi connectivity index (χ1n) is 4.08. The smallest absolute Gasteiger partial charge is 0.256 e. The number of rotatable bonds is 4. The second kappa shape index (κ2) is 4.64. The molecule has 0 aliphatic carbocycles. The van der Waals surface area contributed by atoms with Crippen LogP contribution >= 0.6 is 11.8 Å². The van der Waals surface area contributed by atoms with Gasteiger partial charge in [-0.3, -0.25) is 0 Å². The van der Waals surface area contributed by atoms with Gasteiger partial charge in [-0.25, -0.2) is 4.98 Å². The summed E-state index contributed by atoms with van der Waals surface area (Å²) in [6.07, 6.45) is 1.58. The third-order valence-corrected chi connectivity index (χ3v) is 2.89. The second-order valence-corrected chi connectivity index (χ2v) is 4.14. The Kier molecular flexibility index (Phi) is 3.77. The number of thioether (sulfide) groups is 1. The van der Waals surface area contributed by atoms with Gasteiger partial charge in [0.25, 0.3) is 5.22 Å². The van der Waals surface area contributed by atoms with E-state index in [4.69, 9.17) is 15.3 Å². The molecule has 0 aliphatic rings. The van der Waals surface area contributed by atoms with Crippen LogP contribution in [0.5, 0.6) is 0 Å². The van der Waals surface area contributed by atoms with Crippen molar-refractivity contribution in [2.45, 2.75) is 30.4 Å². The van der Waals surface area contributed by atoms with Crippen LogP contribution < -0.4 is 5.73 Å². The van der Waals surface area contributed by atoms with E-state index in [0.717, 1.165) is 5.69 Å². The quantitative estimate of drug-likeness (QED) is 0.706. The van der Waals surface area contributed by atoms with E-state index in [2.05, 4.69) is 4.98 Å². The number of aromatic nitrogens is 1. The van der Waals surface area contributed by atoms with Gasteiger partial charge in [0.1, 0.15) is 6.26 Å². The predicted molar refractivity (Wildman–Crippen MR) is 51.6 cm³/mol. The lowest BCUT2D eigenvalue weighted by Crippen LogP contribution is -2.31. The summed E-state index contributed by atoms with van der Waals surface area (Å²) in [4.78, 5) is 4.11. The van der Waals surface area contributed by atoms with Crippen molar-refractivity contribution in [1.82, 2.24) is 4.98 Å². The molecule has 0 radical (unpaired) electrons. The molecule has 13 heavy (non-hydrogen) atoms. The van der Waals surface area contributed by atoms with Crippen molar-refractivity contribution < 1.29 is 9.52 Å². The highest BCUT2D eigenvalue weighted by molar-refractivity contribution is 7.99. The van der Waals surface area contributed by atoms with Gasteiger partial charge >= 0.3 is 0 Å². The molecule has 2 atom stereocenters. The summed E-state index contributed by atoms with van der Waals surface area (Å²) in [5.41, 5.74) is 6.49. The monoisotopic (exact) mass is 202 g/mol. The van der Waals surface area contributed by atoms with E-state index in [1.165, 1.54) is 11.8 Å². The summed E-state index contributed by atoms with van der Waals surface area (Å²) in [5.74, 6) is 0. The highest BCUT2D eigenvalue weighted by Gasteiger charge is 2.16. The van der Waals surface area contributed by atoms with Gasteiger partial charge in [0.2, 0.25) is 0 Å². The number of oxazole rings is 1. The topological polar surface area (TPSA) is 72.3 Å². The maximum atomic E-state index is 8.99. The number of nitrogens with two attached hydrogens (primary N) is 1. The van der Waals surface area contributed by atoms with E-state index < -0.39 is 0 Å². The average Bonchev–Trinajstić information content (AvgIpc) is 2.46. The van der Waals surface area contributed by atoms with E-state index in [1.54, 1.807) is 6.26 Å². The standard InChI is InChI=1S/C8H14N2O2S/c1-5-4-12-8(10-5)13-7(3-11)6(2)9/h4,6-7,11H,3,9H2,1-2H3. The van der Waals surface area contributed by atoms with Crippen LogP contribution in [0.1, 0.15) is 12.6 Å². The molecule has 1 aromatic rings. The fourth-order valence-corrected chi connectivity index (χ4v) is 1.68. The molecule has 0 bridgehead atoms. The summed E-state index contributed by atoms with van der Waals surface area (Å²) >= 11 is 1.36. The molecule has 2 unspecified atom stereocenters. The largest absolute Gasteiger partial charge is 0.440 e. The summed E-state index contributed by atoms with van der Waals surface area (Å²) in [6, 6.07) is -0.0813. The molecule has 0 spiro atoms. The number of hydrogen-bond donors (Lipinski definition) is 2. The molecule has 5 heteroatoms. The van der Waals surface area contributed by atoms with Crippen LogP contribution in [0.2, 0.25) is 0 Å². The van der Waals surface area contributed by atoms with Crippen molar-refractivity contribution in [3.05, 3.63) is 12.0 Å². The van der Waals surface area contributed by atoms with Crippen LogP contribution in [0.15, 0.2) is 15.9 Å². The van der Waals surface area contributed by atoms with Crippen molar-refractivity contribution in [1.29, 1.82) is 0 Å². The highest BCUT2D eigenvalue weighted by atomic mass is 32.2. The van der Waals surface area contributed by atoms with E-state index in [0.29, 0.717) is 5.22 Å². The molecule has 4 nitrogen and oxygen atoms in total. The molecule has 1 aromatic heterocycles. The van der Waals surface area contributed by atoms with Gasteiger partial charge in [0.15, 0.2) is 0 Å². The first-order chi connectivity index (χ1) is 6.13. The van der Waals surface area contributed by atoms with Crippen LogP contribution in [0.25, 0.3) is 0 Å². The third-order valence-electron chi connectivity index (χ3n) is 1.62. The van der Waals surface area contributed by atoms with Crippen LogP contribution in [0.3, 0.4) is 0 Å². The van der Waals surface area contributed by atoms with E-state index >= 15 is 0 Å². The Bertz CT molecular complexity index is 262. The third kappa shape index (κ3) is 3.02. The van der Waals surface area contributed by atoms with Crippen LogP contribution in [0.4, 0.5) is 0 Å². The van der Waals surface area contributed by atoms with Crippen LogP contribution in [-0.4, -0.2) is 28.0 Å².